The summed E-state index contributed by atoms with van der Waals surface area (Å²) in [4.78, 5) is 15.5. The third-order valence-electron chi connectivity index (χ3n) is 2.59. The number of hydrogen-bond acceptors (Lipinski definition) is 2. The summed E-state index contributed by atoms with van der Waals surface area (Å²) in [5.41, 5.74) is 1.10. The first-order chi connectivity index (χ1) is 7.74. The van der Waals surface area contributed by atoms with Crippen LogP contribution in [0.3, 0.4) is 0 Å². The summed E-state index contributed by atoms with van der Waals surface area (Å²) in [6, 6.07) is 3.92. The van der Waals surface area contributed by atoms with E-state index in [0.29, 0.717) is 6.42 Å². The van der Waals surface area contributed by atoms with Crippen molar-refractivity contribution in [3.05, 3.63) is 30.1 Å². The lowest BCUT2D eigenvalue weighted by molar-refractivity contribution is -0.121. The van der Waals surface area contributed by atoms with Gasteiger partial charge in [0.25, 0.3) is 0 Å². The van der Waals surface area contributed by atoms with Crippen molar-refractivity contribution in [3.63, 3.8) is 0 Å². The van der Waals surface area contributed by atoms with Crippen LogP contribution in [0.1, 0.15) is 51.1 Å². The maximum Gasteiger partial charge on any atom is 0.220 e. The summed E-state index contributed by atoms with van der Waals surface area (Å²) in [7, 11) is 0. The monoisotopic (exact) mass is 220 g/mol. The normalized spacial score (nSPS) is 12.1. The van der Waals surface area contributed by atoms with Gasteiger partial charge in [-0.3, -0.25) is 9.78 Å². The molecule has 3 nitrogen and oxygen atoms in total. The van der Waals surface area contributed by atoms with E-state index in [2.05, 4.69) is 17.2 Å². The van der Waals surface area contributed by atoms with E-state index in [1.807, 2.05) is 19.1 Å². The predicted molar refractivity (Wildman–Crippen MR) is 64.9 cm³/mol. The van der Waals surface area contributed by atoms with E-state index < -0.39 is 0 Å². The van der Waals surface area contributed by atoms with Crippen LogP contribution >= 0.6 is 0 Å². The highest BCUT2D eigenvalue weighted by molar-refractivity contribution is 5.76. The summed E-state index contributed by atoms with van der Waals surface area (Å²) >= 11 is 0. The molecule has 0 aliphatic carbocycles. The van der Waals surface area contributed by atoms with Crippen molar-refractivity contribution in [2.75, 3.05) is 0 Å². The minimum Gasteiger partial charge on any atom is -0.350 e. The van der Waals surface area contributed by atoms with E-state index in [1.165, 1.54) is 0 Å². The van der Waals surface area contributed by atoms with Gasteiger partial charge in [-0.15, -0.1) is 0 Å². The van der Waals surface area contributed by atoms with Crippen LogP contribution in [0.5, 0.6) is 0 Å². The zero-order chi connectivity index (χ0) is 11.8. The highest BCUT2D eigenvalue weighted by Gasteiger charge is 2.08. The highest BCUT2D eigenvalue weighted by Crippen LogP contribution is 2.10. The number of carbonyl (C=O) groups is 1. The van der Waals surface area contributed by atoms with E-state index in [-0.39, 0.29) is 11.9 Å². The summed E-state index contributed by atoms with van der Waals surface area (Å²) in [5.74, 6) is 0.137. The largest absolute Gasteiger partial charge is 0.350 e. The van der Waals surface area contributed by atoms with Gasteiger partial charge in [-0.2, -0.15) is 0 Å². The maximum atomic E-state index is 11.6. The van der Waals surface area contributed by atoms with Crippen LogP contribution in [0.2, 0.25) is 0 Å². The summed E-state index contributed by atoms with van der Waals surface area (Å²) < 4.78 is 0. The Kier molecular flexibility index (Phi) is 5.54. The Hall–Kier alpha value is -1.38. The molecule has 1 N–H and O–H groups in total. The molecule has 0 aliphatic heterocycles. The van der Waals surface area contributed by atoms with Gasteiger partial charge < -0.3 is 5.32 Å². The first-order valence-corrected chi connectivity index (χ1v) is 5.93. The van der Waals surface area contributed by atoms with Crippen LogP contribution in [-0.2, 0) is 4.79 Å². The van der Waals surface area contributed by atoms with E-state index in [1.54, 1.807) is 12.4 Å². The molecule has 1 heterocycles. The van der Waals surface area contributed by atoms with Gasteiger partial charge in [0.2, 0.25) is 5.91 Å². The molecule has 0 spiro atoms. The smallest absolute Gasteiger partial charge is 0.220 e. The van der Waals surface area contributed by atoms with Gasteiger partial charge in [-0.05, 0) is 31.0 Å². The number of carbonyl (C=O) groups excluding carboxylic acids is 1. The second kappa shape index (κ2) is 6.99. The average molecular weight is 220 g/mol. The molecule has 0 radical (unpaired) electrons. The molecule has 1 aromatic heterocycles. The van der Waals surface area contributed by atoms with Gasteiger partial charge in [0.05, 0.1) is 6.04 Å². The lowest BCUT2D eigenvalue weighted by atomic mass is 10.1. The number of amides is 1. The number of nitrogens with zero attached hydrogens (tertiary/aromatic N) is 1. The fourth-order valence-electron chi connectivity index (χ4n) is 1.58. The number of unbranched alkanes of at least 4 members (excludes halogenated alkanes) is 2. The second-order valence-corrected chi connectivity index (χ2v) is 4.03. The topological polar surface area (TPSA) is 42.0 Å². The Morgan fingerprint density at radius 2 is 2.06 bits per heavy atom. The zero-order valence-electron chi connectivity index (χ0n) is 10.1. The minimum atomic E-state index is 0.0668. The summed E-state index contributed by atoms with van der Waals surface area (Å²) in [5, 5.41) is 2.99. The Bertz CT molecular complexity index is 311. The lowest BCUT2D eigenvalue weighted by Gasteiger charge is -2.13. The Labute approximate surface area is 97.3 Å². The zero-order valence-corrected chi connectivity index (χ0v) is 10.1. The molecule has 16 heavy (non-hydrogen) atoms. The highest BCUT2D eigenvalue weighted by atomic mass is 16.1. The fraction of sp³-hybridized carbons (Fsp3) is 0.538. The SMILES string of the molecule is CCCCCC(=O)NC(C)c1ccncc1. The molecule has 1 unspecified atom stereocenters. The molecule has 1 amide bonds. The van der Waals surface area contributed by atoms with Gasteiger partial charge in [0.1, 0.15) is 0 Å². The van der Waals surface area contributed by atoms with E-state index in [4.69, 9.17) is 0 Å². The van der Waals surface area contributed by atoms with E-state index in [0.717, 1.165) is 24.8 Å². The molecule has 88 valence electrons. The molecule has 0 saturated heterocycles. The van der Waals surface area contributed by atoms with Crippen molar-refractivity contribution in [2.24, 2.45) is 0 Å². The van der Waals surface area contributed by atoms with Gasteiger partial charge in [0, 0.05) is 18.8 Å². The van der Waals surface area contributed by atoms with Gasteiger partial charge in [-0.25, -0.2) is 0 Å². The predicted octanol–water partition coefficient (Wildman–Crippen LogP) is 2.84. The van der Waals surface area contributed by atoms with Gasteiger partial charge in [-0.1, -0.05) is 19.8 Å². The van der Waals surface area contributed by atoms with Gasteiger partial charge in [0.15, 0.2) is 0 Å². The van der Waals surface area contributed by atoms with Gasteiger partial charge >= 0.3 is 0 Å². The van der Waals surface area contributed by atoms with Crippen molar-refractivity contribution in [3.8, 4) is 0 Å². The van der Waals surface area contributed by atoms with Crippen molar-refractivity contribution in [2.45, 2.75) is 45.6 Å². The van der Waals surface area contributed by atoms with E-state index in [9.17, 15) is 4.79 Å². The standard InChI is InChI=1S/C13H20N2O/c1-3-4-5-6-13(16)15-11(2)12-7-9-14-10-8-12/h7-11H,3-6H2,1-2H3,(H,15,16). The number of pyridine rings is 1. The third-order valence-corrected chi connectivity index (χ3v) is 2.59. The molecule has 0 bridgehead atoms. The Balaban J connectivity index is 2.34. The number of hydrogen-bond donors (Lipinski definition) is 1. The molecule has 3 heteroatoms. The molecule has 0 fully saturated rings. The van der Waals surface area contributed by atoms with Crippen LogP contribution in [0.4, 0.5) is 0 Å². The molecule has 0 aromatic carbocycles. The van der Waals surface area contributed by atoms with Crippen LogP contribution in [0.15, 0.2) is 24.5 Å². The number of aromatic nitrogens is 1. The molecule has 1 rings (SSSR count). The number of rotatable bonds is 6. The van der Waals surface area contributed by atoms with Crippen molar-refractivity contribution >= 4 is 5.91 Å². The van der Waals surface area contributed by atoms with E-state index >= 15 is 0 Å². The van der Waals surface area contributed by atoms with Crippen molar-refractivity contribution in [1.82, 2.24) is 10.3 Å². The fourth-order valence-corrected chi connectivity index (χ4v) is 1.58. The van der Waals surface area contributed by atoms with Crippen molar-refractivity contribution < 1.29 is 4.79 Å². The molecule has 1 atom stereocenters. The quantitative estimate of drug-likeness (QED) is 0.749. The van der Waals surface area contributed by atoms with Crippen LogP contribution in [-0.4, -0.2) is 10.9 Å². The molecule has 0 saturated carbocycles. The average Bonchev–Trinajstić information content (AvgIpc) is 2.30. The van der Waals surface area contributed by atoms with Crippen LogP contribution < -0.4 is 5.32 Å². The maximum absolute atomic E-state index is 11.6. The Morgan fingerprint density at radius 1 is 1.38 bits per heavy atom. The van der Waals surface area contributed by atoms with Crippen molar-refractivity contribution in [1.29, 1.82) is 0 Å². The summed E-state index contributed by atoms with van der Waals surface area (Å²) in [6.07, 6.45) is 7.36. The Morgan fingerprint density at radius 3 is 2.69 bits per heavy atom. The first-order valence-electron chi connectivity index (χ1n) is 5.93. The number of nitrogens with one attached hydrogen (secondary N) is 1. The second-order valence-electron chi connectivity index (χ2n) is 4.03. The first kappa shape index (κ1) is 12.7. The minimum absolute atomic E-state index is 0.0668. The molecular weight excluding hydrogens is 200 g/mol. The molecule has 1 aromatic rings. The lowest BCUT2D eigenvalue weighted by Crippen LogP contribution is -2.26. The molecule has 0 aliphatic rings. The van der Waals surface area contributed by atoms with Crippen LogP contribution in [0, 0.1) is 0 Å². The third kappa shape index (κ3) is 4.43. The molecular formula is C13H20N2O. The summed E-state index contributed by atoms with van der Waals surface area (Å²) in [6.45, 7) is 4.13. The van der Waals surface area contributed by atoms with Crippen LogP contribution in [0.25, 0.3) is 0 Å².